The van der Waals surface area contributed by atoms with E-state index in [0.29, 0.717) is 48.9 Å². The van der Waals surface area contributed by atoms with E-state index in [4.69, 9.17) is 14.3 Å². The molecule has 6 heteroatoms. The fourth-order valence-electron chi connectivity index (χ4n) is 4.00. The number of unbranched alkanes of at least 4 members (excludes halogenated alkanes) is 4. The molecule has 3 aromatic carbocycles. The van der Waals surface area contributed by atoms with E-state index in [2.05, 4.69) is 5.48 Å². The second-order valence-corrected chi connectivity index (χ2v) is 8.60. The molecule has 182 valence electrons. The van der Waals surface area contributed by atoms with E-state index in [1.54, 1.807) is 6.07 Å². The molecule has 1 aliphatic rings. The Labute approximate surface area is 206 Å². The number of ether oxygens (including phenoxy) is 2. The molecule has 0 unspecified atom stereocenters. The number of nitrogens with one attached hydrogen (secondary N) is 1. The van der Waals surface area contributed by atoms with Crippen molar-refractivity contribution >= 4 is 11.7 Å². The predicted octanol–water partition coefficient (Wildman–Crippen LogP) is 5.78. The maximum absolute atomic E-state index is 13.0. The van der Waals surface area contributed by atoms with Crippen molar-refractivity contribution in [2.75, 3.05) is 6.61 Å². The first-order valence-corrected chi connectivity index (χ1v) is 12.2. The van der Waals surface area contributed by atoms with Gasteiger partial charge in [0.25, 0.3) is 0 Å². The third-order valence-electron chi connectivity index (χ3n) is 5.93. The summed E-state index contributed by atoms with van der Waals surface area (Å²) < 4.78 is 11.7. The van der Waals surface area contributed by atoms with Gasteiger partial charge in [-0.3, -0.25) is 14.4 Å². The van der Waals surface area contributed by atoms with Crippen molar-refractivity contribution in [3.8, 4) is 11.5 Å². The highest BCUT2D eigenvalue weighted by molar-refractivity contribution is 6.12. The van der Waals surface area contributed by atoms with Gasteiger partial charge in [0.15, 0.2) is 5.78 Å². The van der Waals surface area contributed by atoms with Crippen LogP contribution >= 0.6 is 0 Å². The number of hydroxylamine groups is 1. The van der Waals surface area contributed by atoms with Gasteiger partial charge in [0.2, 0.25) is 5.91 Å². The zero-order chi connectivity index (χ0) is 24.3. The largest absolute Gasteiger partial charge is 0.494 e. The Morgan fingerprint density at radius 1 is 0.857 bits per heavy atom. The summed E-state index contributed by atoms with van der Waals surface area (Å²) in [5, 5.41) is 0. The summed E-state index contributed by atoms with van der Waals surface area (Å²) in [4.78, 5) is 30.1. The fourth-order valence-corrected chi connectivity index (χ4v) is 4.00. The number of ketones is 1. The van der Waals surface area contributed by atoms with E-state index in [1.165, 1.54) is 0 Å². The van der Waals surface area contributed by atoms with Crippen molar-refractivity contribution in [2.24, 2.45) is 0 Å². The summed E-state index contributed by atoms with van der Waals surface area (Å²) in [6, 6.07) is 22.7. The first-order chi connectivity index (χ1) is 17.2. The number of carbonyl (C=O) groups excluding carboxylic acids is 2. The minimum Gasteiger partial charge on any atom is -0.494 e. The number of fused-ring (bicyclic) bond motifs is 2. The highest BCUT2D eigenvalue weighted by atomic mass is 16.6. The smallest absolute Gasteiger partial charge is 0.243 e. The van der Waals surface area contributed by atoms with E-state index in [9.17, 15) is 9.59 Å². The summed E-state index contributed by atoms with van der Waals surface area (Å²) >= 11 is 0. The third kappa shape index (κ3) is 7.17. The molecule has 6 nitrogen and oxygen atoms in total. The number of amides is 1. The summed E-state index contributed by atoms with van der Waals surface area (Å²) in [5.74, 6) is 1.14. The van der Waals surface area contributed by atoms with Crippen LogP contribution in [-0.2, 0) is 22.8 Å². The molecular formula is C29H31NO5. The van der Waals surface area contributed by atoms with Crippen LogP contribution in [0.2, 0.25) is 0 Å². The first kappa shape index (κ1) is 24.5. The second-order valence-electron chi connectivity index (χ2n) is 8.60. The van der Waals surface area contributed by atoms with Crippen LogP contribution in [0.15, 0.2) is 72.8 Å². The molecule has 0 aliphatic carbocycles. The van der Waals surface area contributed by atoms with Gasteiger partial charge in [-0.15, -0.1) is 0 Å². The average molecular weight is 474 g/mol. The molecule has 35 heavy (non-hydrogen) atoms. The molecular weight excluding hydrogens is 442 g/mol. The maximum Gasteiger partial charge on any atom is 0.243 e. The molecule has 1 N–H and O–H groups in total. The van der Waals surface area contributed by atoms with E-state index in [1.807, 2.05) is 66.7 Å². The molecule has 0 saturated heterocycles. The number of rotatable bonds is 12. The topological polar surface area (TPSA) is 73.9 Å². The Hall–Kier alpha value is -3.64. The Morgan fingerprint density at radius 3 is 2.51 bits per heavy atom. The van der Waals surface area contributed by atoms with Crippen LogP contribution < -0.4 is 15.0 Å². The maximum atomic E-state index is 13.0. The van der Waals surface area contributed by atoms with Gasteiger partial charge in [0.05, 0.1) is 18.8 Å². The average Bonchev–Trinajstić information content (AvgIpc) is 3.03. The Balaban J connectivity index is 1.09. The SMILES string of the molecule is O=C(CCCCCCCOc1ccc2c(c1)C(=O)c1ccccc1CO2)NOCc1ccccc1. The predicted molar refractivity (Wildman–Crippen MR) is 133 cm³/mol. The lowest BCUT2D eigenvalue weighted by molar-refractivity contribution is -0.134. The van der Waals surface area contributed by atoms with Crippen LogP contribution in [0.25, 0.3) is 0 Å². The van der Waals surface area contributed by atoms with Crippen molar-refractivity contribution < 1.29 is 23.9 Å². The van der Waals surface area contributed by atoms with E-state index in [-0.39, 0.29) is 11.7 Å². The van der Waals surface area contributed by atoms with Gasteiger partial charge in [-0.25, -0.2) is 5.48 Å². The van der Waals surface area contributed by atoms with Gasteiger partial charge >= 0.3 is 0 Å². The summed E-state index contributed by atoms with van der Waals surface area (Å²) in [7, 11) is 0. The van der Waals surface area contributed by atoms with Gasteiger partial charge in [0.1, 0.15) is 18.1 Å². The molecule has 0 atom stereocenters. The molecule has 1 heterocycles. The van der Waals surface area contributed by atoms with E-state index in [0.717, 1.165) is 43.2 Å². The molecule has 0 fully saturated rings. The van der Waals surface area contributed by atoms with Crippen LogP contribution in [0, 0.1) is 0 Å². The summed E-state index contributed by atoms with van der Waals surface area (Å²) in [5.41, 5.74) is 5.64. The fraction of sp³-hybridized carbons (Fsp3) is 0.310. The molecule has 0 saturated carbocycles. The zero-order valence-corrected chi connectivity index (χ0v) is 19.8. The van der Waals surface area contributed by atoms with E-state index >= 15 is 0 Å². The van der Waals surface area contributed by atoms with Crippen molar-refractivity contribution in [2.45, 2.75) is 51.7 Å². The normalized spacial score (nSPS) is 12.2. The zero-order valence-electron chi connectivity index (χ0n) is 19.8. The number of hydrogen-bond donors (Lipinski definition) is 1. The third-order valence-corrected chi connectivity index (χ3v) is 5.93. The van der Waals surface area contributed by atoms with E-state index < -0.39 is 0 Å². The van der Waals surface area contributed by atoms with Crippen LogP contribution in [0.5, 0.6) is 11.5 Å². The minimum absolute atomic E-state index is 0.0342. The van der Waals surface area contributed by atoms with Crippen molar-refractivity contribution in [1.82, 2.24) is 5.48 Å². The van der Waals surface area contributed by atoms with Crippen LogP contribution in [0.3, 0.4) is 0 Å². The first-order valence-electron chi connectivity index (χ1n) is 12.2. The number of hydrogen-bond acceptors (Lipinski definition) is 5. The van der Waals surface area contributed by atoms with Gasteiger partial charge in [-0.2, -0.15) is 0 Å². The molecule has 0 bridgehead atoms. The lowest BCUT2D eigenvalue weighted by atomic mass is 9.99. The van der Waals surface area contributed by atoms with Crippen molar-refractivity contribution in [1.29, 1.82) is 0 Å². The minimum atomic E-state index is -0.0892. The quantitative estimate of drug-likeness (QED) is 0.267. The number of carbonyl (C=O) groups is 2. The molecule has 1 aliphatic heterocycles. The second kappa shape index (κ2) is 12.7. The lowest BCUT2D eigenvalue weighted by Crippen LogP contribution is -2.23. The Kier molecular flexibility index (Phi) is 8.90. The van der Waals surface area contributed by atoms with Crippen molar-refractivity contribution in [3.05, 3.63) is 95.1 Å². The molecule has 0 spiro atoms. The van der Waals surface area contributed by atoms with Gasteiger partial charge < -0.3 is 9.47 Å². The Bertz CT molecular complexity index is 1130. The van der Waals surface area contributed by atoms with Crippen molar-refractivity contribution in [3.63, 3.8) is 0 Å². The number of benzene rings is 3. The van der Waals surface area contributed by atoms with Crippen LogP contribution in [-0.4, -0.2) is 18.3 Å². The van der Waals surface area contributed by atoms with Crippen LogP contribution in [0.4, 0.5) is 0 Å². The monoisotopic (exact) mass is 473 g/mol. The van der Waals surface area contributed by atoms with Gasteiger partial charge in [0, 0.05) is 17.5 Å². The molecule has 4 rings (SSSR count). The van der Waals surface area contributed by atoms with Gasteiger partial charge in [-0.05, 0) is 36.6 Å². The lowest BCUT2D eigenvalue weighted by Gasteiger charge is -2.10. The van der Waals surface area contributed by atoms with Crippen LogP contribution in [0.1, 0.15) is 65.6 Å². The van der Waals surface area contributed by atoms with Gasteiger partial charge in [-0.1, -0.05) is 73.9 Å². The molecule has 1 amide bonds. The summed E-state index contributed by atoms with van der Waals surface area (Å²) in [6.07, 6.45) is 5.24. The molecule has 3 aromatic rings. The Morgan fingerprint density at radius 2 is 1.63 bits per heavy atom. The standard InChI is InChI=1S/C29H31NO5/c31-28(30-35-20-22-11-5-4-6-12-22)15-7-2-1-3-10-18-33-24-16-17-27-26(19-24)29(32)25-14-9-8-13-23(25)21-34-27/h4-6,8-9,11-14,16-17,19H,1-3,7,10,15,18,20-21H2,(H,30,31). The molecule has 0 aromatic heterocycles. The summed E-state index contributed by atoms with van der Waals surface area (Å²) in [6.45, 7) is 1.33. The highest BCUT2D eigenvalue weighted by Gasteiger charge is 2.22. The molecule has 0 radical (unpaired) electrons. The highest BCUT2D eigenvalue weighted by Crippen LogP contribution is 2.31.